The summed E-state index contributed by atoms with van der Waals surface area (Å²) in [5.41, 5.74) is 3.71. The lowest BCUT2D eigenvalue weighted by molar-refractivity contribution is 0.0721. The van der Waals surface area contributed by atoms with E-state index in [0.717, 1.165) is 56.7 Å². The van der Waals surface area contributed by atoms with Gasteiger partial charge in [-0.25, -0.2) is 9.97 Å². The smallest absolute Gasteiger partial charge is 0.254 e. The highest BCUT2D eigenvalue weighted by Crippen LogP contribution is 2.41. The van der Waals surface area contributed by atoms with E-state index in [4.69, 9.17) is 4.74 Å². The van der Waals surface area contributed by atoms with Gasteiger partial charge in [0.05, 0.1) is 20.2 Å². The molecule has 2 aliphatic rings. The zero-order chi connectivity index (χ0) is 28.1. The molecule has 0 radical (unpaired) electrons. The number of likely N-dealkylation sites (tertiary alicyclic amines) is 2. The van der Waals surface area contributed by atoms with Gasteiger partial charge in [-0.3, -0.25) is 14.6 Å². The van der Waals surface area contributed by atoms with Crippen LogP contribution in [0.3, 0.4) is 0 Å². The van der Waals surface area contributed by atoms with Gasteiger partial charge in [-0.1, -0.05) is 24.3 Å². The largest absolute Gasteiger partial charge is 0.497 e. The third-order valence-electron chi connectivity index (χ3n) is 8.68. The van der Waals surface area contributed by atoms with E-state index in [0.29, 0.717) is 24.1 Å². The third-order valence-corrected chi connectivity index (χ3v) is 8.68. The van der Waals surface area contributed by atoms with E-state index in [1.54, 1.807) is 36.8 Å². The molecule has 4 aromatic rings. The van der Waals surface area contributed by atoms with Gasteiger partial charge in [0.2, 0.25) is 0 Å². The molecule has 1 spiro atoms. The molecule has 0 unspecified atom stereocenters. The first-order valence-electron chi connectivity index (χ1n) is 14.5. The van der Waals surface area contributed by atoms with Crippen LogP contribution in [-0.2, 0) is 26.2 Å². The second kappa shape index (κ2) is 12.3. The number of benzene rings is 2. The van der Waals surface area contributed by atoms with Crippen LogP contribution >= 0.6 is 0 Å². The van der Waals surface area contributed by atoms with Crippen LogP contribution in [0.1, 0.15) is 52.4 Å². The molecule has 9 heteroatoms. The minimum absolute atomic E-state index is 0.0362. The summed E-state index contributed by atoms with van der Waals surface area (Å²) in [6, 6.07) is 16.6. The summed E-state index contributed by atoms with van der Waals surface area (Å²) in [5.74, 6) is 2.37. The minimum Gasteiger partial charge on any atom is -0.497 e. The lowest BCUT2D eigenvalue weighted by Gasteiger charge is -2.39. The minimum atomic E-state index is -0.0362. The van der Waals surface area contributed by atoms with Crippen molar-refractivity contribution in [3.05, 3.63) is 102 Å². The highest BCUT2D eigenvalue weighted by Gasteiger charge is 2.40. The number of methoxy groups -OCH3 is 1. The Morgan fingerprint density at radius 3 is 1.90 bits per heavy atom. The van der Waals surface area contributed by atoms with Gasteiger partial charge in [0.1, 0.15) is 17.4 Å². The van der Waals surface area contributed by atoms with Gasteiger partial charge in [-0.05, 0) is 79.7 Å². The standard InChI is InChI=1S/C32H39N7O2/c1-41-28-8-4-26(5-9-28)20-37-17-10-32(11-18-37)12-19-38(24-32)21-25-2-6-27(7-3-25)31(40)39(22-29-33-13-14-34-29)23-30-35-15-16-36-30/h2-9,13-16H,10-12,17-24H2,1H3,(H,33,34)(H,35,36). The van der Waals surface area contributed by atoms with Crippen molar-refractivity contribution in [1.29, 1.82) is 0 Å². The fourth-order valence-corrected chi connectivity index (χ4v) is 6.27. The average molecular weight is 554 g/mol. The van der Waals surface area contributed by atoms with Crippen molar-refractivity contribution in [2.75, 3.05) is 33.3 Å². The van der Waals surface area contributed by atoms with Crippen LogP contribution in [0.25, 0.3) is 0 Å². The Morgan fingerprint density at radius 2 is 1.37 bits per heavy atom. The number of amides is 1. The number of H-pyrrole nitrogens is 2. The number of carbonyl (C=O) groups is 1. The molecule has 2 aromatic carbocycles. The highest BCUT2D eigenvalue weighted by atomic mass is 16.5. The van der Waals surface area contributed by atoms with Crippen LogP contribution in [0.2, 0.25) is 0 Å². The maximum absolute atomic E-state index is 13.4. The predicted molar refractivity (Wildman–Crippen MR) is 157 cm³/mol. The molecule has 2 aromatic heterocycles. The summed E-state index contributed by atoms with van der Waals surface area (Å²) in [6.45, 7) is 7.32. The Kier molecular flexibility index (Phi) is 8.16. The number of rotatable bonds is 10. The number of carbonyl (C=O) groups excluding carboxylic acids is 1. The first-order valence-corrected chi connectivity index (χ1v) is 14.5. The number of nitrogens with zero attached hydrogens (tertiary/aromatic N) is 5. The van der Waals surface area contributed by atoms with E-state index in [-0.39, 0.29) is 5.91 Å². The number of aromatic amines is 2. The molecule has 0 atom stereocenters. The van der Waals surface area contributed by atoms with E-state index in [1.807, 2.05) is 12.1 Å². The summed E-state index contributed by atoms with van der Waals surface area (Å²) < 4.78 is 5.29. The Labute approximate surface area is 241 Å². The first kappa shape index (κ1) is 27.2. The summed E-state index contributed by atoms with van der Waals surface area (Å²) in [5, 5.41) is 0. The summed E-state index contributed by atoms with van der Waals surface area (Å²) in [6.07, 6.45) is 10.7. The molecule has 214 valence electrons. The summed E-state index contributed by atoms with van der Waals surface area (Å²) >= 11 is 0. The summed E-state index contributed by atoms with van der Waals surface area (Å²) in [7, 11) is 1.71. The number of nitrogens with one attached hydrogen (secondary N) is 2. The molecule has 2 aliphatic heterocycles. The SMILES string of the molecule is COc1ccc(CN2CCC3(CC2)CCN(Cc2ccc(C(=O)N(Cc4ncc[nH]4)Cc4ncc[nH]4)cc2)C3)cc1. The predicted octanol–water partition coefficient (Wildman–Crippen LogP) is 4.47. The Balaban J connectivity index is 1.01. The number of piperidine rings is 1. The van der Waals surface area contributed by atoms with Gasteiger partial charge in [0.15, 0.2) is 0 Å². The zero-order valence-corrected chi connectivity index (χ0v) is 23.8. The lowest BCUT2D eigenvalue weighted by atomic mass is 9.77. The van der Waals surface area contributed by atoms with Crippen LogP contribution in [0.4, 0.5) is 0 Å². The second-order valence-corrected chi connectivity index (χ2v) is 11.5. The number of hydrogen-bond acceptors (Lipinski definition) is 6. The van der Waals surface area contributed by atoms with Gasteiger partial charge in [-0.15, -0.1) is 0 Å². The fraction of sp³-hybridized carbons (Fsp3) is 0.406. The van der Waals surface area contributed by atoms with Crippen molar-refractivity contribution in [2.45, 2.75) is 45.4 Å². The molecule has 0 aliphatic carbocycles. The number of ether oxygens (including phenoxy) is 1. The normalized spacial score (nSPS) is 17.2. The lowest BCUT2D eigenvalue weighted by Crippen LogP contribution is -2.41. The van der Waals surface area contributed by atoms with E-state index >= 15 is 0 Å². The number of aromatic nitrogens is 4. The fourth-order valence-electron chi connectivity index (χ4n) is 6.27. The molecule has 2 saturated heterocycles. The van der Waals surface area contributed by atoms with Crippen molar-refractivity contribution in [3.8, 4) is 5.75 Å². The van der Waals surface area contributed by atoms with Gasteiger partial charge >= 0.3 is 0 Å². The molecule has 6 rings (SSSR count). The van der Waals surface area contributed by atoms with Gasteiger partial charge < -0.3 is 19.6 Å². The van der Waals surface area contributed by atoms with Gasteiger partial charge in [0.25, 0.3) is 5.91 Å². The van der Waals surface area contributed by atoms with Crippen molar-refractivity contribution in [3.63, 3.8) is 0 Å². The van der Waals surface area contributed by atoms with Crippen LogP contribution in [0.15, 0.2) is 73.3 Å². The van der Waals surface area contributed by atoms with Crippen molar-refractivity contribution in [2.24, 2.45) is 5.41 Å². The van der Waals surface area contributed by atoms with Crippen molar-refractivity contribution in [1.82, 2.24) is 34.6 Å². The maximum atomic E-state index is 13.4. The Morgan fingerprint density at radius 1 is 0.829 bits per heavy atom. The molecule has 41 heavy (non-hydrogen) atoms. The Hall–Kier alpha value is -3.95. The van der Waals surface area contributed by atoms with E-state index in [1.165, 1.54) is 30.4 Å². The molecule has 2 N–H and O–H groups in total. The maximum Gasteiger partial charge on any atom is 0.254 e. The van der Waals surface area contributed by atoms with E-state index < -0.39 is 0 Å². The quantitative estimate of drug-likeness (QED) is 0.301. The molecule has 4 heterocycles. The topological polar surface area (TPSA) is 93.4 Å². The zero-order valence-electron chi connectivity index (χ0n) is 23.8. The Bertz CT molecular complexity index is 1340. The van der Waals surface area contributed by atoms with Gasteiger partial charge in [-0.2, -0.15) is 0 Å². The van der Waals surface area contributed by atoms with Crippen LogP contribution in [-0.4, -0.2) is 73.8 Å². The monoisotopic (exact) mass is 553 g/mol. The molecule has 0 bridgehead atoms. The van der Waals surface area contributed by atoms with Crippen molar-refractivity contribution < 1.29 is 9.53 Å². The number of imidazole rings is 2. The van der Waals surface area contributed by atoms with Crippen LogP contribution in [0.5, 0.6) is 5.75 Å². The molecule has 0 saturated carbocycles. The van der Waals surface area contributed by atoms with E-state index in [9.17, 15) is 4.79 Å². The first-order chi connectivity index (χ1) is 20.1. The van der Waals surface area contributed by atoms with Crippen LogP contribution in [0, 0.1) is 5.41 Å². The molecule has 1 amide bonds. The van der Waals surface area contributed by atoms with Crippen LogP contribution < -0.4 is 4.74 Å². The van der Waals surface area contributed by atoms with Crippen molar-refractivity contribution >= 4 is 5.91 Å². The molecule has 2 fully saturated rings. The summed E-state index contributed by atoms with van der Waals surface area (Å²) in [4.78, 5) is 35.2. The molecule has 9 nitrogen and oxygen atoms in total. The molecular formula is C32H39N7O2. The second-order valence-electron chi connectivity index (χ2n) is 11.5. The van der Waals surface area contributed by atoms with Gasteiger partial charge in [0, 0.05) is 50.0 Å². The van der Waals surface area contributed by atoms with E-state index in [2.05, 4.69) is 66.1 Å². The number of hydrogen-bond donors (Lipinski definition) is 2. The molecular weight excluding hydrogens is 514 g/mol. The average Bonchev–Trinajstić information content (AvgIpc) is 3.79. The third kappa shape index (κ3) is 6.69. The highest BCUT2D eigenvalue weighted by molar-refractivity contribution is 5.94.